The van der Waals surface area contributed by atoms with Crippen molar-refractivity contribution in [3.63, 3.8) is 0 Å². The first-order valence-electron chi connectivity index (χ1n) is 18.3. The van der Waals surface area contributed by atoms with E-state index in [0.29, 0.717) is 24.1 Å². The lowest BCUT2D eigenvalue weighted by molar-refractivity contribution is -0.165. The third kappa shape index (κ3) is 3.38. The number of rotatable bonds is 5. The highest BCUT2D eigenvalue weighted by atomic mass is 33.1. The summed E-state index contributed by atoms with van der Waals surface area (Å²) in [6, 6.07) is 23.4. The molecular weight excluding hydrogens is 797 g/mol. The Hall–Kier alpha value is -3.51. The van der Waals surface area contributed by atoms with Crippen molar-refractivity contribution in [2.24, 2.45) is 0 Å². The number of hydrogen-bond acceptors (Lipinski definition) is 11. The molecule has 3 aromatic rings. The Bertz CT molecular complexity index is 2440. The maximum Gasteiger partial charge on any atom is 0.266 e. The number of carbonyl (C=O) groups is 4. The van der Waals surface area contributed by atoms with Gasteiger partial charge in [-0.15, -0.1) is 0 Å². The third-order valence-electron chi connectivity index (χ3n) is 13.9. The van der Waals surface area contributed by atoms with Gasteiger partial charge in [-0.05, 0) is 48.2 Å². The zero-order valence-electron chi connectivity index (χ0n) is 30.2. The monoisotopic (exact) mass is 832 g/mol. The average Bonchev–Trinajstić information content (AvgIpc) is 3.88. The molecule has 8 saturated heterocycles. The van der Waals surface area contributed by atoms with E-state index in [-0.39, 0.29) is 41.4 Å². The summed E-state index contributed by atoms with van der Waals surface area (Å²) in [5.74, 6) is -0.949. The maximum absolute atomic E-state index is 15.5. The number of anilines is 2. The minimum absolute atomic E-state index is 0.0516. The van der Waals surface area contributed by atoms with Gasteiger partial charge in [-0.3, -0.25) is 29.0 Å². The van der Waals surface area contributed by atoms with E-state index in [1.54, 1.807) is 76.2 Å². The lowest BCUT2D eigenvalue weighted by Gasteiger charge is -2.59. The predicted molar refractivity (Wildman–Crippen MR) is 214 cm³/mol. The van der Waals surface area contributed by atoms with E-state index in [0.717, 1.165) is 11.3 Å². The Morgan fingerprint density at radius 3 is 1.82 bits per heavy atom. The third-order valence-corrected chi connectivity index (χ3v) is 23.3. The fraction of sp³-hybridized carbons (Fsp3) is 0.421. The molecule has 13 rings (SSSR count). The van der Waals surface area contributed by atoms with Gasteiger partial charge in [0, 0.05) is 32.6 Å². The second-order valence-corrected chi connectivity index (χ2v) is 22.8. The van der Waals surface area contributed by atoms with Gasteiger partial charge in [0.1, 0.15) is 12.3 Å². The number of carbonyl (C=O) groups excluding carboxylic acids is 4. The fourth-order valence-corrected chi connectivity index (χ4v) is 20.9. The quantitative estimate of drug-likeness (QED) is 0.351. The van der Waals surface area contributed by atoms with Crippen molar-refractivity contribution >= 4 is 88.2 Å². The van der Waals surface area contributed by atoms with Crippen LogP contribution in [-0.4, -0.2) is 97.6 Å². The van der Waals surface area contributed by atoms with Crippen molar-refractivity contribution in [2.75, 3.05) is 23.7 Å². The molecule has 10 aliphatic heterocycles. The first kappa shape index (κ1) is 34.7. The molecule has 10 aliphatic rings. The van der Waals surface area contributed by atoms with Gasteiger partial charge in [0.05, 0.1) is 21.4 Å². The number of sulfonamides is 1. The molecule has 12 nitrogen and oxygen atoms in total. The van der Waals surface area contributed by atoms with Crippen LogP contribution in [0, 0.1) is 0 Å². The standard InChI is InChI=1S/C38H36N6O6S5/c1-5-35-31(47)42-27-33(23-16-10-12-18-25(23)39-27,20-37(42,53-51-35)29(45)40(35)3)34-21-38-30(46)41(4)36(6-2,52-54-38)32(48)43(38)28(34)44(26-19-13-11-17-24(26)34)55(49,50)22-14-8-7-9-15-22/h7-19,27-28,39H,5-6,20-21H2,1-4H3/t27-,28+,33+,34?,35+,36+,37+,38+/m1/s1. The SMILES string of the molecule is CC[C@]12SS[C@@]3(C[C@]4(C56C[C@@]78SS[C@@](CC)(C(=O)N7[C@H]5N(S(=O)(=O)c5ccccc5)c5ccccc56)N(C)C8=O)c5ccccc5N[C@@H]4N3C1=O)C(=O)N2C. The van der Waals surface area contributed by atoms with Crippen LogP contribution < -0.4 is 9.62 Å². The molecule has 2 spiro atoms. The van der Waals surface area contributed by atoms with Crippen LogP contribution in [0.4, 0.5) is 11.4 Å². The van der Waals surface area contributed by atoms with Gasteiger partial charge in [0.15, 0.2) is 19.5 Å². The Balaban J connectivity index is 1.28. The van der Waals surface area contributed by atoms with Gasteiger partial charge < -0.3 is 15.1 Å². The number of nitrogens with one attached hydrogen (secondary N) is 1. The summed E-state index contributed by atoms with van der Waals surface area (Å²) in [7, 11) is 4.52. The zero-order valence-corrected chi connectivity index (χ0v) is 34.3. The Morgan fingerprint density at radius 1 is 0.655 bits per heavy atom. The van der Waals surface area contributed by atoms with E-state index >= 15 is 22.8 Å². The lowest BCUT2D eigenvalue weighted by Crippen LogP contribution is -2.77. The normalized spacial score (nSPS) is 38.9. The zero-order chi connectivity index (χ0) is 38.3. The average molecular weight is 833 g/mol. The number of para-hydroxylation sites is 2. The van der Waals surface area contributed by atoms with E-state index in [2.05, 4.69) is 5.32 Å². The molecule has 0 radical (unpaired) electrons. The summed E-state index contributed by atoms with van der Waals surface area (Å²) >= 11 is 0. The van der Waals surface area contributed by atoms with E-state index < -0.39 is 52.7 Å². The highest BCUT2D eigenvalue weighted by Gasteiger charge is 2.89. The number of likely N-dealkylation sites (N-methyl/N-ethyl adjacent to an activating group) is 2. The molecule has 0 saturated carbocycles. The van der Waals surface area contributed by atoms with Crippen LogP contribution in [0.2, 0.25) is 0 Å². The first-order chi connectivity index (χ1) is 26.3. The topological polar surface area (TPSA) is 131 Å². The van der Waals surface area contributed by atoms with Crippen LogP contribution >= 0.6 is 43.2 Å². The summed E-state index contributed by atoms with van der Waals surface area (Å²) in [6.45, 7) is 3.79. The molecule has 3 aromatic carbocycles. The number of fused-ring (bicyclic) bond motifs is 11. The van der Waals surface area contributed by atoms with E-state index in [1.165, 1.54) is 47.5 Å². The van der Waals surface area contributed by atoms with Gasteiger partial charge in [-0.25, -0.2) is 12.7 Å². The molecule has 55 heavy (non-hydrogen) atoms. The fourth-order valence-electron chi connectivity index (χ4n) is 11.5. The van der Waals surface area contributed by atoms with Crippen LogP contribution in [0.15, 0.2) is 83.8 Å². The predicted octanol–water partition coefficient (Wildman–Crippen LogP) is 4.95. The van der Waals surface area contributed by atoms with Gasteiger partial charge in [0.2, 0.25) is 0 Å². The van der Waals surface area contributed by atoms with E-state index in [1.807, 2.05) is 50.2 Å². The molecule has 1 N–H and O–H groups in total. The van der Waals surface area contributed by atoms with Gasteiger partial charge in [-0.1, -0.05) is 112 Å². The molecule has 0 aromatic heterocycles. The van der Waals surface area contributed by atoms with Crippen LogP contribution in [0.5, 0.6) is 0 Å². The number of nitrogens with zero attached hydrogens (tertiary/aromatic N) is 5. The van der Waals surface area contributed by atoms with Crippen molar-refractivity contribution in [1.82, 2.24) is 19.6 Å². The number of amides is 4. The number of piperazine rings is 2. The molecular formula is C38H36N6O6S5. The van der Waals surface area contributed by atoms with E-state index in [9.17, 15) is 4.79 Å². The second-order valence-electron chi connectivity index (χ2n) is 15.7. The van der Waals surface area contributed by atoms with Crippen molar-refractivity contribution in [3.05, 3.63) is 90.0 Å². The van der Waals surface area contributed by atoms with Crippen LogP contribution in [0.25, 0.3) is 0 Å². The van der Waals surface area contributed by atoms with Crippen molar-refractivity contribution in [1.29, 1.82) is 0 Å². The minimum Gasteiger partial charge on any atom is -0.364 e. The highest BCUT2D eigenvalue weighted by molar-refractivity contribution is 8.78. The summed E-state index contributed by atoms with van der Waals surface area (Å²) < 4.78 is 32.3. The van der Waals surface area contributed by atoms with Crippen molar-refractivity contribution < 1.29 is 27.6 Å². The molecule has 8 fully saturated rings. The second kappa shape index (κ2) is 10.5. The Morgan fingerprint density at radius 2 is 1.18 bits per heavy atom. The summed E-state index contributed by atoms with van der Waals surface area (Å²) in [5, 5.41) is 3.73. The molecule has 17 heteroatoms. The van der Waals surface area contributed by atoms with Crippen molar-refractivity contribution in [3.8, 4) is 0 Å². The molecule has 4 amide bonds. The Kier molecular flexibility index (Phi) is 6.63. The molecule has 1 unspecified atom stereocenters. The molecule has 0 aliphatic carbocycles. The van der Waals surface area contributed by atoms with E-state index in [4.69, 9.17) is 0 Å². The largest absolute Gasteiger partial charge is 0.364 e. The molecule has 284 valence electrons. The minimum atomic E-state index is -4.40. The molecule has 8 atom stereocenters. The number of benzene rings is 3. The number of hydrogen-bond donors (Lipinski definition) is 1. The summed E-state index contributed by atoms with van der Waals surface area (Å²) in [4.78, 5) is 62.2. The molecule has 10 heterocycles. The van der Waals surface area contributed by atoms with Crippen LogP contribution in [0.1, 0.15) is 50.7 Å². The van der Waals surface area contributed by atoms with Crippen molar-refractivity contribution in [2.45, 2.75) is 87.1 Å². The summed E-state index contributed by atoms with van der Waals surface area (Å²) in [5.41, 5.74) is 0.105. The van der Waals surface area contributed by atoms with Gasteiger partial charge in [0.25, 0.3) is 33.7 Å². The first-order valence-corrected chi connectivity index (χ1v) is 24.1. The van der Waals surface area contributed by atoms with Gasteiger partial charge in [-0.2, -0.15) is 0 Å². The van der Waals surface area contributed by atoms with Crippen LogP contribution in [0.3, 0.4) is 0 Å². The molecule has 4 bridgehead atoms. The smallest absolute Gasteiger partial charge is 0.266 e. The Labute approximate surface area is 334 Å². The maximum atomic E-state index is 15.5. The lowest BCUT2D eigenvalue weighted by atomic mass is 9.54. The summed E-state index contributed by atoms with van der Waals surface area (Å²) in [6.07, 6.45) is -1.16. The highest BCUT2D eigenvalue weighted by Crippen LogP contribution is 2.80. The van der Waals surface area contributed by atoms with Crippen LogP contribution in [-0.2, 0) is 40.0 Å². The van der Waals surface area contributed by atoms with Gasteiger partial charge >= 0.3 is 0 Å².